The predicted molar refractivity (Wildman–Crippen MR) is 90.7 cm³/mol. The fraction of sp³-hybridized carbons (Fsp3) is 0.312. The molecular formula is C16H15BrClN3O2. The topological polar surface area (TPSA) is 55.3 Å². The number of aromatic nitrogens is 2. The summed E-state index contributed by atoms with van der Waals surface area (Å²) in [6, 6.07) is 7.00. The lowest BCUT2D eigenvalue weighted by molar-refractivity contribution is 0.0527. The maximum absolute atomic E-state index is 12.7. The van der Waals surface area contributed by atoms with Crippen molar-refractivity contribution in [1.82, 2.24) is 14.9 Å². The number of carbonyl (C=O) groups is 1. The van der Waals surface area contributed by atoms with E-state index in [0.29, 0.717) is 29.6 Å². The van der Waals surface area contributed by atoms with Gasteiger partial charge in [-0.05, 0) is 31.0 Å². The number of hydrogen-bond acceptors (Lipinski definition) is 4. The van der Waals surface area contributed by atoms with Gasteiger partial charge in [-0.25, -0.2) is 9.97 Å². The lowest BCUT2D eigenvalue weighted by atomic mass is 10.1. The monoisotopic (exact) mass is 395 g/mol. The average molecular weight is 397 g/mol. The van der Waals surface area contributed by atoms with Gasteiger partial charge in [0.1, 0.15) is 12.4 Å². The Balaban J connectivity index is 1.70. The molecule has 0 aliphatic carbocycles. The molecule has 1 aromatic carbocycles. The van der Waals surface area contributed by atoms with Crippen LogP contribution in [0.5, 0.6) is 5.88 Å². The fourth-order valence-corrected chi connectivity index (χ4v) is 3.13. The van der Waals surface area contributed by atoms with Gasteiger partial charge in [0.25, 0.3) is 5.91 Å². The molecule has 2 heterocycles. The minimum absolute atomic E-state index is 0.0754. The van der Waals surface area contributed by atoms with Gasteiger partial charge in [-0.1, -0.05) is 27.5 Å². The average Bonchev–Trinajstić information content (AvgIpc) is 2.57. The Morgan fingerprint density at radius 3 is 3.04 bits per heavy atom. The quantitative estimate of drug-likeness (QED) is 0.796. The van der Waals surface area contributed by atoms with Crippen molar-refractivity contribution in [2.24, 2.45) is 0 Å². The van der Waals surface area contributed by atoms with E-state index in [1.807, 2.05) is 6.07 Å². The number of hydrogen-bond donors (Lipinski definition) is 0. The van der Waals surface area contributed by atoms with Crippen molar-refractivity contribution in [1.29, 1.82) is 0 Å². The summed E-state index contributed by atoms with van der Waals surface area (Å²) in [6.45, 7) is 1.22. The van der Waals surface area contributed by atoms with E-state index in [2.05, 4.69) is 25.9 Å². The first-order chi connectivity index (χ1) is 11.1. The molecule has 1 aliphatic heterocycles. The van der Waals surface area contributed by atoms with Crippen LogP contribution in [0.25, 0.3) is 0 Å². The lowest BCUT2D eigenvalue weighted by Crippen LogP contribution is -2.44. The van der Waals surface area contributed by atoms with Crippen LogP contribution in [-0.4, -0.2) is 40.0 Å². The van der Waals surface area contributed by atoms with E-state index in [9.17, 15) is 4.79 Å². The predicted octanol–water partition coefficient (Wildman–Crippen LogP) is 3.58. The minimum atomic E-state index is -0.0766. The molecule has 3 rings (SSSR count). The molecule has 0 bridgehead atoms. The van der Waals surface area contributed by atoms with Gasteiger partial charge in [-0.2, -0.15) is 0 Å². The Kier molecular flexibility index (Phi) is 5.13. The van der Waals surface area contributed by atoms with E-state index < -0.39 is 0 Å². The lowest BCUT2D eigenvalue weighted by Gasteiger charge is -2.32. The SMILES string of the molecule is O=C(c1cc(Br)ccc1Cl)N1CCCC(Oc2ccncn2)C1. The van der Waals surface area contributed by atoms with Crippen LogP contribution >= 0.6 is 27.5 Å². The molecule has 0 saturated carbocycles. The van der Waals surface area contributed by atoms with Crippen molar-refractivity contribution in [2.75, 3.05) is 13.1 Å². The summed E-state index contributed by atoms with van der Waals surface area (Å²) in [5.74, 6) is 0.451. The largest absolute Gasteiger partial charge is 0.472 e. The molecule has 7 heteroatoms. The Labute approximate surface area is 147 Å². The maximum Gasteiger partial charge on any atom is 0.255 e. The standard InChI is InChI=1S/C16H15BrClN3O2/c17-11-3-4-14(18)13(8-11)16(22)21-7-1-2-12(9-21)23-15-5-6-19-10-20-15/h3-6,8,10,12H,1-2,7,9H2. The zero-order valence-corrected chi connectivity index (χ0v) is 14.6. The molecule has 120 valence electrons. The van der Waals surface area contributed by atoms with Crippen LogP contribution in [0.4, 0.5) is 0 Å². The van der Waals surface area contributed by atoms with Crippen LogP contribution in [0, 0.1) is 0 Å². The molecule has 23 heavy (non-hydrogen) atoms. The van der Waals surface area contributed by atoms with Gasteiger partial charge in [-0.3, -0.25) is 4.79 Å². The van der Waals surface area contributed by atoms with Gasteiger partial charge in [0.05, 0.1) is 17.1 Å². The van der Waals surface area contributed by atoms with E-state index in [-0.39, 0.29) is 12.0 Å². The second-order valence-corrected chi connectivity index (χ2v) is 6.63. The van der Waals surface area contributed by atoms with Crippen molar-refractivity contribution >= 4 is 33.4 Å². The van der Waals surface area contributed by atoms with Crippen molar-refractivity contribution in [3.8, 4) is 5.88 Å². The summed E-state index contributed by atoms with van der Waals surface area (Å²) in [4.78, 5) is 22.4. The number of nitrogens with zero attached hydrogens (tertiary/aromatic N) is 3. The van der Waals surface area contributed by atoms with Crippen molar-refractivity contribution in [3.63, 3.8) is 0 Å². The van der Waals surface area contributed by atoms with E-state index in [0.717, 1.165) is 17.3 Å². The molecule has 0 radical (unpaired) electrons. The Morgan fingerprint density at radius 2 is 2.26 bits per heavy atom. The summed E-state index contributed by atoms with van der Waals surface area (Å²) in [7, 11) is 0. The maximum atomic E-state index is 12.7. The number of piperidine rings is 1. The van der Waals surface area contributed by atoms with Crippen molar-refractivity contribution < 1.29 is 9.53 Å². The van der Waals surface area contributed by atoms with Gasteiger partial charge in [0, 0.05) is 23.3 Å². The fourth-order valence-electron chi connectivity index (χ4n) is 2.57. The van der Waals surface area contributed by atoms with E-state index in [1.54, 1.807) is 29.3 Å². The second-order valence-electron chi connectivity index (χ2n) is 5.31. The van der Waals surface area contributed by atoms with Crippen LogP contribution in [0.15, 0.2) is 41.3 Å². The Hall–Kier alpha value is -1.66. The molecule has 1 atom stereocenters. The third-order valence-electron chi connectivity index (χ3n) is 3.67. The number of halogens is 2. The van der Waals surface area contributed by atoms with Crippen LogP contribution in [-0.2, 0) is 0 Å². The highest BCUT2D eigenvalue weighted by atomic mass is 79.9. The highest BCUT2D eigenvalue weighted by Gasteiger charge is 2.27. The molecule has 2 aromatic rings. The number of likely N-dealkylation sites (tertiary alicyclic amines) is 1. The van der Waals surface area contributed by atoms with E-state index in [1.165, 1.54) is 6.33 Å². The molecule has 1 aliphatic rings. The number of rotatable bonds is 3. The molecule has 1 aromatic heterocycles. The first-order valence-corrected chi connectivity index (χ1v) is 8.47. The first-order valence-electron chi connectivity index (χ1n) is 7.30. The molecule has 5 nitrogen and oxygen atoms in total. The van der Waals surface area contributed by atoms with Crippen LogP contribution in [0.2, 0.25) is 5.02 Å². The zero-order valence-electron chi connectivity index (χ0n) is 12.3. The number of carbonyl (C=O) groups excluding carboxylic acids is 1. The highest BCUT2D eigenvalue weighted by Crippen LogP contribution is 2.24. The summed E-state index contributed by atoms with van der Waals surface area (Å²) in [6.07, 6.45) is 4.78. The van der Waals surface area contributed by atoms with Gasteiger partial charge < -0.3 is 9.64 Å². The van der Waals surface area contributed by atoms with Gasteiger partial charge in [-0.15, -0.1) is 0 Å². The summed E-state index contributed by atoms with van der Waals surface area (Å²) >= 11 is 9.54. The highest BCUT2D eigenvalue weighted by molar-refractivity contribution is 9.10. The first kappa shape index (κ1) is 16.2. The summed E-state index contributed by atoms with van der Waals surface area (Å²) in [5.41, 5.74) is 0.503. The van der Waals surface area contributed by atoms with Gasteiger partial charge in [0.2, 0.25) is 5.88 Å². The van der Waals surface area contributed by atoms with E-state index >= 15 is 0 Å². The molecule has 1 unspecified atom stereocenters. The molecule has 0 N–H and O–H groups in total. The summed E-state index contributed by atoms with van der Waals surface area (Å²) in [5, 5.41) is 0.456. The third kappa shape index (κ3) is 4.00. The van der Waals surface area contributed by atoms with Crippen LogP contribution in [0.1, 0.15) is 23.2 Å². The number of ether oxygens (including phenoxy) is 1. The van der Waals surface area contributed by atoms with Crippen LogP contribution in [0.3, 0.4) is 0 Å². The molecule has 1 fully saturated rings. The zero-order chi connectivity index (χ0) is 16.2. The number of benzene rings is 1. The second kappa shape index (κ2) is 7.27. The van der Waals surface area contributed by atoms with Crippen molar-refractivity contribution in [3.05, 3.63) is 51.8 Å². The number of amides is 1. The smallest absolute Gasteiger partial charge is 0.255 e. The Morgan fingerprint density at radius 1 is 1.39 bits per heavy atom. The van der Waals surface area contributed by atoms with Crippen LogP contribution < -0.4 is 4.74 Å². The summed E-state index contributed by atoms with van der Waals surface area (Å²) < 4.78 is 6.67. The van der Waals surface area contributed by atoms with Crippen molar-refractivity contribution in [2.45, 2.75) is 18.9 Å². The molecular weight excluding hydrogens is 382 g/mol. The minimum Gasteiger partial charge on any atom is -0.472 e. The molecule has 1 saturated heterocycles. The molecule has 0 spiro atoms. The Bertz CT molecular complexity index is 699. The normalized spacial score (nSPS) is 17.8. The third-order valence-corrected chi connectivity index (χ3v) is 4.49. The van der Waals surface area contributed by atoms with Gasteiger partial charge in [0.15, 0.2) is 0 Å². The molecule has 1 amide bonds. The van der Waals surface area contributed by atoms with Gasteiger partial charge >= 0.3 is 0 Å². The van der Waals surface area contributed by atoms with E-state index in [4.69, 9.17) is 16.3 Å².